The van der Waals surface area contributed by atoms with E-state index in [4.69, 9.17) is 16.3 Å². The molecule has 6 nitrogen and oxygen atoms in total. The van der Waals surface area contributed by atoms with Gasteiger partial charge in [0.1, 0.15) is 5.82 Å². The first-order valence-electron chi connectivity index (χ1n) is 12.0. The summed E-state index contributed by atoms with van der Waals surface area (Å²) in [6.07, 6.45) is -3.39. The van der Waals surface area contributed by atoms with Crippen LogP contribution in [0.4, 0.5) is 28.0 Å². The fraction of sp³-hybridized carbons (Fsp3) is 0.462. The molecule has 0 unspecified atom stereocenters. The summed E-state index contributed by atoms with van der Waals surface area (Å²) in [7, 11) is 2.93. The van der Waals surface area contributed by atoms with Crippen LogP contribution in [0.2, 0.25) is 5.02 Å². The minimum absolute atomic E-state index is 0.0110. The van der Waals surface area contributed by atoms with E-state index in [-0.39, 0.29) is 35.0 Å². The molecule has 3 amide bonds. The fourth-order valence-electron chi connectivity index (χ4n) is 5.02. The number of hydrogen-bond acceptors (Lipinski definition) is 3. The van der Waals surface area contributed by atoms with Gasteiger partial charge in [-0.1, -0.05) is 23.7 Å². The Labute approximate surface area is 217 Å². The van der Waals surface area contributed by atoms with Gasteiger partial charge >= 0.3 is 12.2 Å². The third kappa shape index (κ3) is 6.01. The van der Waals surface area contributed by atoms with Crippen molar-refractivity contribution in [2.24, 2.45) is 5.92 Å². The third-order valence-corrected chi connectivity index (χ3v) is 7.37. The Hall–Kier alpha value is -2.85. The quantitative estimate of drug-likeness (QED) is 0.487. The van der Waals surface area contributed by atoms with E-state index >= 15 is 0 Å². The van der Waals surface area contributed by atoms with Crippen LogP contribution in [-0.4, -0.2) is 68.2 Å². The van der Waals surface area contributed by atoms with Gasteiger partial charge in [-0.15, -0.1) is 0 Å². The number of ether oxygens (including phenoxy) is 1. The molecule has 2 aliphatic rings. The molecular formula is C26H28ClF4N3O3. The second-order valence-corrected chi connectivity index (χ2v) is 9.94. The summed E-state index contributed by atoms with van der Waals surface area (Å²) in [5, 5.41) is -0.148. The lowest BCUT2D eigenvalue weighted by molar-refractivity contribution is -0.138. The number of benzene rings is 2. The number of amides is 3. The Kier molecular flexibility index (Phi) is 7.99. The Bertz CT molecular complexity index is 1140. The molecule has 2 aliphatic heterocycles. The molecule has 0 spiro atoms. The number of anilines is 1. The molecule has 2 aromatic carbocycles. The summed E-state index contributed by atoms with van der Waals surface area (Å²) in [5.74, 6) is -0.898. The van der Waals surface area contributed by atoms with Crippen molar-refractivity contribution in [3.05, 3.63) is 64.4 Å². The highest BCUT2D eigenvalue weighted by atomic mass is 35.5. The molecule has 0 saturated carbocycles. The lowest BCUT2D eigenvalue weighted by Gasteiger charge is -2.33. The largest absolute Gasteiger partial charge is 0.416 e. The van der Waals surface area contributed by atoms with Crippen LogP contribution in [0, 0.1) is 11.7 Å². The molecule has 37 heavy (non-hydrogen) atoms. The van der Waals surface area contributed by atoms with Gasteiger partial charge in [-0.25, -0.2) is 9.18 Å². The lowest BCUT2D eigenvalue weighted by Crippen LogP contribution is -2.48. The third-order valence-electron chi connectivity index (χ3n) is 7.15. The van der Waals surface area contributed by atoms with E-state index in [2.05, 4.69) is 0 Å². The molecule has 2 fully saturated rings. The van der Waals surface area contributed by atoms with Crippen LogP contribution in [0.25, 0.3) is 0 Å². The number of alkyl halides is 3. The number of halogens is 5. The molecule has 0 aliphatic carbocycles. The average molecular weight is 542 g/mol. The molecule has 0 radical (unpaired) electrons. The van der Waals surface area contributed by atoms with Gasteiger partial charge in [0, 0.05) is 62.9 Å². The van der Waals surface area contributed by atoms with Crippen molar-refractivity contribution in [3.8, 4) is 0 Å². The molecule has 0 bridgehead atoms. The predicted octanol–water partition coefficient (Wildman–Crippen LogP) is 5.41. The first-order valence-corrected chi connectivity index (χ1v) is 12.3. The Balaban J connectivity index is 1.59. The van der Waals surface area contributed by atoms with Gasteiger partial charge < -0.3 is 14.5 Å². The lowest BCUT2D eigenvalue weighted by atomic mass is 9.93. The van der Waals surface area contributed by atoms with Crippen LogP contribution in [0.5, 0.6) is 0 Å². The molecule has 2 saturated heterocycles. The molecule has 2 atom stereocenters. The van der Waals surface area contributed by atoms with Crippen LogP contribution in [0.15, 0.2) is 42.5 Å². The van der Waals surface area contributed by atoms with Gasteiger partial charge in [0.15, 0.2) is 0 Å². The van der Waals surface area contributed by atoms with Crippen molar-refractivity contribution in [1.82, 2.24) is 9.80 Å². The van der Waals surface area contributed by atoms with E-state index in [1.807, 2.05) is 0 Å². The highest BCUT2D eigenvalue weighted by Crippen LogP contribution is 2.36. The van der Waals surface area contributed by atoms with Gasteiger partial charge in [-0.05, 0) is 48.7 Å². The van der Waals surface area contributed by atoms with E-state index in [1.165, 1.54) is 30.1 Å². The molecule has 2 heterocycles. The van der Waals surface area contributed by atoms with Crippen molar-refractivity contribution in [2.75, 3.05) is 45.3 Å². The maximum atomic E-state index is 13.6. The van der Waals surface area contributed by atoms with Crippen molar-refractivity contribution >= 4 is 29.2 Å². The van der Waals surface area contributed by atoms with E-state index in [0.29, 0.717) is 32.6 Å². The molecule has 2 aromatic rings. The Morgan fingerprint density at radius 1 is 1.03 bits per heavy atom. The number of nitrogens with zero attached hydrogens (tertiary/aromatic N) is 3. The zero-order chi connectivity index (χ0) is 26.9. The zero-order valence-corrected chi connectivity index (χ0v) is 21.2. The Morgan fingerprint density at radius 2 is 1.68 bits per heavy atom. The van der Waals surface area contributed by atoms with E-state index in [0.717, 1.165) is 22.6 Å². The normalized spacial score (nSPS) is 20.7. The molecule has 200 valence electrons. The first-order chi connectivity index (χ1) is 17.5. The van der Waals surface area contributed by atoms with Gasteiger partial charge in [0.2, 0.25) is 5.91 Å². The SMILES string of the molecule is CN(C(=O)N(C)[C@@H]1CN(C(=O)C2CCOCC2)C[C@H]1c1ccc(F)cc1)c1cc(Cl)cc(C(F)(F)F)c1. The summed E-state index contributed by atoms with van der Waals surface area (Å²) < 4.78 is 58.9. The summed E-state index contributed by atoms with van der Waals surface area (Å²) in [6, 6.07) is 7.82. The van der Waals surface area contributed by atoms with Crippen LogP contribution in [0.3, 0.4) is 0 Å². The Morgan fingerprint density at radius 3 is 2.30 bits per heavy atom. The summed E-state index contributed by atoms with van der Waals surface area (Å²) in [5.41, 5.74) is -0.211. The zero-order valence-electron chi connectivity index (χ0n) is 20.5. The van der Waals surface area contributed by atoms with Gasteiger partial charge in [-0.2, -0.15) is 13.2 Å². The number of hydrogen-bond donors (Lipinski definition) is 0. The maximum Gasteiger partial charge on any atom is 0.416 e. The second-order valence-electron chi connectivity index (χ2n) is 9.50. The number of likely N-dealkylation sites (N-methyl/N-ethyl adjacent to an activating group) is 1. The highest BCUT2D eigenvalue weighted by Gasteiger charge is 2.42. The van der Waals surface area contributed by atoms with E-state index < -0.39 is 29.6 Å². The standard InChI is InChI=1S/C26H28ClF4N3O3/c1-32(21-12-18(26(29,30)31)11-19(27)13-21)25(36)33(2)23-15-34(24(35)17-7-9-37-10-8-17)14-22(23)16-3-5-20(28)6-4-16/h3-6,11-13,17,22-23H,7-10,14-15H2,1-2H3/t22-,23+/m0/s1. The van der Waals surface area contributed by atoms with Crippen molar-refractivity contribution in [2.45, 2.75) is 31.0 Å². The monoisotopic (exact) mass is 541 g/mol. The van der Waals surface area contributed by atoms with Crippen molar-refractivity contribution < 1.29 is 31.9 Å². The maximum absolute atomic E-state index is 13.6. The van der Waals surface area contributed by atoms with Crippen LogP contribution in [0.1, 0.15) is 29.9 Å². The number of urea groups is 1. The van der Waals surface area contributed by atoms with Crippen molar-refractivity contribution in [1.29, 1.82) is 0 Å². The van der Waals surface area contributed by atoms with Crippen LogP contribution in [-0.2, 0) is 15.7 Å². The topological polar surface area (TPSA) is 53.1 Å². The minimum Gasteiger partial charge on any atom is -0.381 e. The number of likely N-dealkylation sites (tertiary alicyclic amines) is 1. The smallest absolute Gasteiger partial charge is 0.381 e. The number of carbonyl (C=O) groups excluding carboxylic acids is 2. The summed E-state index contributed by atoms with van der Waals surface area (Å²) >= 11 is 5.92. The molecule has 4 rings (SSSR count). The van der Waals surface area contributed by atoms with Gasteiger partial charge in [-0.3, -0.25) is 9.69 Å². The highest BCUT2D eigenvalue weighted by molar-refractivity contribution is 6.31. The van der Waals surface area contributed by atoms with E-state index in [9.17, 15) is 27.2 Å². The predicted molar refractivity (Wildman–Crippen MR) is 131 cm³/mol. The molecular weight excluding hydrogens is 514 g/mol. The summed E-state index contributed by atoms with van der Waals surface area (Å²) in [6.45, 7) is 1.61. The van der Waals surface area contributed by atoms with Crippen LogP contribution >= 0.6 is 11.6 Å². The average Bonchev–Trinajstić information content (AvgIpc) is 3.32. The van der Waals surface area contributed by atoms with E-state index in [1.54, 1.807) is 24.1 Å². The minimum atomic E-state index is -4.63. The van der Waals surface area contributed by atoms with Crippen molar-refractivity contribution in [3.63, 3.8) is 0 Å². The second kappa shape index (κ2) is 10.9. The number of rotatable bonds is 4. The summed E-state index contributed by atoms with van der Waals surface area (Å²) in [4.78, 5) is 31.0. The van der Waals surface area contributed by atoms with Crippen LogP contribution < -0.4 is 4.90 Å². The first kappa shape index (κ1) is 27.2. The molecule has 0 aromatic heterocycles. The van der Waals surface area contributed by atoms with Gasteiger partial charge in [0.25, 0.3) is 0 Å². The van der Waals surface area contributed by atoms with Gasteiger partial charge in [0.05, 0.1) is 11.6 Å². The molecule has 11 heteroatoms. The molecule has 0 N–H and O–H groups in total. The fourth-order valence-corrected chi connectivity index (χ4v) is 5.25. The number of carbonyl (C=O) groups is 2.